The molecule has 3 nitrogen and oxygen atoms in total. The molecule has 17 heavy (non-hydrogen) atoms. The van der Waals surface area contributed by atoms with Crippen LogP contribution < -0.4 is 0 Å². The third-order valence-electron chi connectivity index (χ3n) is 3.89. The largest absolute Gasteiger partial charge is 0.462 e. The van der Waals surface area contributed by atoms with Crippen molar-refractivity contribution in [3.63, 3.8) is 0 Å². The Morgan fingerprint density at radius 2 is 1.88 bits per heavy atom. The maximum absolute atomic E-state index is 11.8. The van der Waals surface area contributed by atoms with Crippen LogP contribution in [0.5, 0.6) is 0 Å². The van der Waals surface area contributed by atoms with Crippen LogP contribution in [0.4, 0.5) is 0 Å². The highest BCUT2D eigenvalue weighted by atomic mass is 16.5. The third kappa shape index (κ3) is 4.14. The standard InChI is InChI=1S/C14H22O3/c15-12-6-4-5-11(9-12)10-14(16)17-13-7-2-1-3-8-13/h11,13H,1-10H2. The Bertz CT molecular complexity index is 279. The minimum atomic E-state index is -0.0865. The highest BCUT2D eigenvalue weighted by molar-refractivity contribution is 5.80. The molecule has 0 aromatic carbocycles. The van der Waals surface area contributed by atoms with Crippen molar-refractivity contribution < 1.29 is 14.3 Å². The zero-order valence-corrected chi connectivity index (χ0v) is 10.5. The Balaban J connectivity index is 1.70. The van der Waals surface area contributed by atoms with Crippen molar-refractivity contribution >= 4 is 11.8 Å². The van der Waals surface area contributed by atoms with Gasteiger partial charge in [-0.25, -0.2) is 0 Å². The highest BCUT2D eigenvalue weighted by Gasteiger charge is 2.24. The second-order valence-corrected chi connectivity index (χ2v) is 5.46. The zero-order chi connectivity index (χ0) is 12.1. The number of ether oxygens (including phenoxy) is 1. The summed E-state index contributed by atoms with van der Waals surface area (Å²) in [6.07, 6.45) is 9.51. The fraction of sp³-hybridized carbons (Fsp3) is 0.857. The van der Waals surface area contributed by atoms with Gasteiger partial charge in [-0.3, -0.25) is 9.59 Å². The SMILES string of the molecule is O=C1CCCC(CC(=O)OC2CCCCC2)C1. The van der Waals surface area contributed by atoms with Crippen LogP contribution in [0.2, 0.25) is 0 Å². The second kappa shape index (κ2) is 6.18. The first-order valence-corrected chi connectivity index (χ1v) is 6.95. The molecule has 0 heterocycles. The van der Waals surface area contributed by atoms with Gasteiger partial charge in [0.05, 0.1) is 0 Å². The van der Waals surface area contributed by atoms with Crippen LogP contribution in [0.3, 0.4) is 0 Å². The molecular weight excluding hydrogens is 216 g/mol. The number of Topliss-reactive ketones (excluding diaryl/α,β-unsaturated/α-hetero) is 1. The first kappa shape index (κ1) is 12.6. The molecule has 2 rings (SSSR count). The molecule has 0 aliphatic heterocycles. The molecule has 0 bridgehead atoms. The quantitative estimate of drug-likeness (QED) is 0.710. The van der Waals surface area contributed by atoms with Crippen molar-refractivity contribution in [3.05, 3.63) is 0 Å². The van der Waals surface area contributed by atoms with E-state index < -0.39 is 0 Å². The number of carbonyl (C=O) groups excluding carboxylic acids is 2. The number of ketones is 1. The van der Waals surface area contributed by atoms with Crippen LogP contribution in [-0.4, -0.2) is 17.9 Å². The minimum absolute atomic E-state index is 0.0865. The first-order valence-electron chi connectivity index (χ1n) is 6.95. The molecule has 3 heteroatoms. The molecule has 0 spiro atoms. The fourth-order valence-corrected chi connectivity index (χ4v) is 2.94. The molecule has 0 aromatic heterocycles. The summed E-state index contributed by atoms with van der Waals surface area (Å²) < 4.78 is 5.48. The monoisotopic (exact) mass is 238 g/mol. The van der Waals surface area contributed by atoms with E-state index in [1.807, 2.05) is 0 Å². The van der Waals surface area contributed by atoms with E-state index in [-0.39, 0.29) is 18.0 Å². The maximum atomic E-state index is 11.8. The van der Waals surface area contributed by atoms with Crippen LogP contribution in [0.25, 0.3) is 0 Å². The Morgan fingerprint density at radius 3 is 2.59 bits per heavy atom. The van der Waals surface area contributed by atoms with Crippen molar-refractivity contribution in [1.29, 1.82) is 0 Å². The number of esters is 1. The summed E-state index contributed by atoms with van der Waals surface area (Å²) in [6, 6.07) is 0. The number of rotatable bonds is 3. The summed E-state index contributed by atoms with van der Waals surface area (Å²) in [7, 11) is 0. The molecule has 96 valence electrons. The van der Waals surface area contributed by atoms with Crippen LogP contribution >= 0.6 is 0 Å². The Labute approximate surface area is 103 Å². The van der Waals surface area contributed by atoms with E-state index in [1.165, 1.54) is 19.3 Å². The Morgan fingerprint density at radius 1 is 1.12 bits per heavy atom. The summed E-state index contributed by atoms with van der Waals surface area (Å²) in [5.74, 6) is 0.468. The van der Waals surface area contributed by atoms with Gasteiger partial charge >= 0.3 is 5.97 Å². The zero-order valence-electron chi connectivity index (χ0n) is 10.5. The molecule has 2 aliphatic rings. The van der Waals surface area contributed by atoms with Crippen molar-refractivity contribution in [2.24, 2.45) is 5.92 Å². The molecule has 0 N–H and O–H groups in total. The second-order valence-electron chi connectivity index (χ2n) is 5.46. The molecule has 1 atom stereocenters. The van der Waals surface area contributed by atoms with Crippen LogP contribution in [0.1, 0.15) is 64.2 Å². The summed E-state index contributed by atoms with van der Waals surface area (Å²) in [4.78, 5) is 23.0. The Kier molecular flexibility index (Phi) is 4.57. The van der Waals surface area contributed by atoms with Crippen molar-refractivity contribution in [2.75, 3.05) is 0 Å². The maximum Gasteiger partial charge on any atom is 0.306 e. The van der Waals surface area contributed by atoms with Gasteiger partial charge in [-0.2, -0.15) is 0 Å². The van der Waals surface area contributed by atoms with E-state index in [0.29, 0.717) is 25.0 Å². The normalized spacial score (nSPS) is 26.8. The smallest absolute Gasteiger partial charge is 0.306 e. The van der Waals surface area contributed by atoms with Gasteiger partial charge in [-0.15, -0.1) is 0 Å². The number of hydrogen-bond donors (Lipinski definition) is 0. The van der Waals surface area contributed by atoms with Gasteiger partial charge in [0.1, 0.15) is 11.9 Å². The number of hydrogen-bond acceptors (Lipinski definition) is 3. The van der Waals surface area contributed by atoms with Gasteiger partial charge in [-0.05, 0) is 44.4 Å². The van der Waals surface area contributed by atoms with E-state index in [0.717, 1.165) is 25.7 Å². The van der Waals surface area contributed by atoms with E-state index in [2.05, 4.69) is 0 Å². The van der Waals surface area contributed by atoms with Crippen LogP contribution in [0.15, 0.2) is 0 Å². The molecular formula is C14H22O3. The van der Waals surface area contributed by atoms with E-state index in [4.69, 9.17) is 4.74 Å². The molecule has 2 saturated carbocycles. The van der Waals surface area contributed by atoms with Gasteiger partial charge in [0.25, 0.3) is 0 Å². The van der Waals surface area contributed by atoms with Gasteiger partial charge in [0, 0.05) is 19.3 Å². The van der Waals surface area contributed by atoms with E-state index >= 15 is 0 Å². The highest BCUT2D eigenvalue weighted by Crippen LogP contribution is 2.26. The average Bonchev–Trinajstić information content (AvgIpc) is 2.30. The summed E-state index contributed by atoms with van der Waals surface area (Å²) in [5.41, 5.74) is 0. The summed E-state index contributed by atoms with van der Waals surface area (Å²) in [5, 5.41) is 0. The van der Waals surface area contributed by atoms with E-state index in [9.17, 15) is 9.59 Å². The summed E-state index contributed by atoms with van der Waals surface area (Å²) in [6.45, 7) is 0. The van der Waals surface area contributed by atoms with Crippen LogP contribution in [0, 0.1) is 5.92 Å². The average molecular weight is 238 g/mol. The lowest BCUT2D eigenvalue weighted by atomic mass is 9.86. The Hall–Kier alpha value is -0.860. The predicted molar refractivity (Wildman–Crippen MR) is 64.5 cm³/mol. The lowest BCUT2D eigenvalue weighted by Gasteiger charge is -2.24. The topological polar surface area (TPSA) is 43.4 Å². The first-order chi connectivity index (χ1) is 8.24. The van der Waals surface area contributed by atoms with Gasteiger partial charge in [0.15, 0.2) is 0 Å². The molecule has 0 amide bonds. The molecule has 2 fully saturated rings. The third-order valence-corrected chi connectivity index (χ3v) is 3.89. The molecule has 0 saturated heterocycles. The molecule has 1 unspecified atom stereocenters. The van der Waals surface area contributed by atoms with Crippen molar-refractivity contribution in [3.8, 4) is 0 Å². The molecule has 0 radical (unpaired) electrons. The molecule has 0 aromatic rings. The number of carbonyl (C=O) groups is 2. The predicted octanol–water partition coefficient (Wildman–Crippen LogP) is 3.01. The van der Waals surface area contributed by atoms with Gasteiger partial charge in [0.2, 0.25) is 0 Å². The summed E-state index contributed by atoms with van der Waals surface area (Å²) >= 11 is 0. The van der Waals surface area contributed by atoms with E-state index in [1.54, 1.807) is 0 Å². The lowest BCUT2D eigenvalue weighted by molar-refractivity contribution is -0.152. The minimum Gasteiger partial charge on any atom is -0.462 e. The van der Waals surface area contributed by atoms with Crippen molar-refractivity contribution in [1.82, 2.24) is 0 Å². The van der Waals surface area contributed by atoms with Crippen molar-refractivity contribution in [2.45, 2.75) is 70.3 Å². The van der Waals surface area contributed by atoms with Crippen LogP contribution in [-0.2, 0) is 14.3 Å². The van der Waals surface area contributed by atoms with Gasteiger partial charge < -0.3 is 4.74 Å². The molecule has 2 aliphatic carbocycles. The van der Waals surface area contributed by atoms with Gasteiger partial charge in [-0.1, -0.05) is 6.42 Å². The fourth-order valence-electron chi connectivity index (χ4n) is 2.94. The lowest BCUT2D eigenvalue weighted by Crippen LogP contribution is -2.24.